The van der Waals surface area contributed by atoms with Gasteiger partial charge in [-0.1, -0.05) is 36.4 Å². The van der Waals surface area contributed by atoms with Gasteiger partial charge < -0.3 is 5.32 Å². The third-order valence-corrected chi connectivity index (χ3v) is 5.73. The van der Waals surface area contributed by atoms with Crippen LogP contribution < -0.4 is 5.32 Å². The Labute approximate surface area is 176 Å². The molecule has 0 aliphatic rings. The number of nitrogens with zero attached hydrogens (tertiary/aromatic N) is 3. The summed E-state index contributed by atoms with van der Waals surface area (Å²) in [6, 6.07) is 18.1. The van der Waals surface area contributed by atoms with Crippen molar-refractivity contribution >= 4 is 16.8 Å². The highest BCUT2D eigenvalue weighted by Gasteiger charge is 2.16. The van der Waals surface area contributed by atoms with Crippen molar-refractivity contribution in [2.24, 2.45) is 0 Å². The highest BCUT2D eigenvalue weighted by atomic mass is 16.1. The zero-order valence-corrected chi connectivity index (χ0v) is 17.9. The number of amides is 1. The van der Waals surface area contributed by atoms with Crippen molar-refractivity contribution in [3.8, 4) is 5.69 Å². The van der Waals surface area contributed by atoms with Crippen LogP contribution in [0, 0.1) is 27.7 Å². The van der Waals surface area contributed by atoms with Gasteiger partial charge in [-0.25, -0.2) is 4.68 Å². The first-order chi connectivity index (χ1) is 14.5. The van der Waals surface area contributed by atoms with E-state index in [4.69, 9.17) is 0 Å². The molecule has 2 aromatic carbocycles. The topological polar surface area (TPSA) is 59.8 Å². The number of nitrogens with one attached hydrogen (secondary N) is 1. The SMILES string of the molecule is Cc1nc2ccccc2c(C)c1CC(=O)NCc1c(C)nn(-c2ccccc2)c1C. The van der Waals surface area contributed by atoms with Gasteiger partial charge in [0.1, 0.15) is 0 Å². The number of hydrogen-bond donors (Lipinski definition) is 1. The number of hydrogen-bond acceptors (Lipinski definition) is 3. The second-order valence-corrected chi connectivity index (χ2v) is 7.67. The van der Waals surface area contributed by atoms with Crippen molar-refractivity contribution in [1.29, 1.82) is 0 Å². The zero-order chi connectivity index (χ0) is 21.3. The number of rotatable bonds is 5. The number of benzene rings is 2. The van der Waals surface area contributed by atoms with E-state index in [9.17, 15) is 4.79 Å². The second kappa shape index (κ2) is 8.11. The largest absolute Gasteiger partial charge is 0.352 e. The van der Waals surface area contributed by atoms with Crippen LogP contribution in [0.15, 0.2) is 54.6 Å². The Morgan fingerprint density at radius 3 is 2.37 bits per heavy atom. The molecular formula is C25H26N4O. The molecule has 0 fully saturated rings. The van der Waals surface area contributed by atoms with E-state index in [1.54, 1.807) is 0 Å². The minimum Gasteiger partial charge on any atom is -0.352 e. The van der Waals surface area contributed by atoms with Gasteiger partial charge in [0, 0.05) is 28.9 Å². The summed E-state index contributed by atoms with van der Waals surface area (Å²) in [5, 5.41) is 8.84. The molecule has 0 bridgehead atoms. The molecule has 152 valence electrons. The molecule has 5 nitrogen and oxygen atoms in total. The summed E-state index contributed by atoms with van der Waals surface area (Å²) in [6.07, 6.45) is 0.320. The Kier molecular flexibility index (Phi) is 5.36. The second-order valence-electron chi connectivity index (χ2n) is 7.67. The van der Waals surface area contributed by atoms with Crippen molar-refractivity contribution in [2.45, 2.75) is 40.7 Å². The highest BCUT2D eigenvalue weighted by Crippen LogP contribution is 2.23. The van der Waals surface area contributed by atoms with Crippen molar-refractivity contribution in [2.75, 3.05) is 0 Å². The number of pyridine rings is 1. The lowest BCUT2D eigenvalue weighted by atomic mass is 9.99. The van der Waals surface area contributed by atoms with Gasteiger partial charge in [-0.2, -0.15) is 5.10 Å². The van der Waals surface area contributed by atoms with Crippen molar-refractivity contribution in [3.63, 3.8) is 0 Å². The fourth-order valence-electron chi connectivity index (χ4n) is 3.99. The van der Waals surface area contributed by atoms with E-state index < -0.39 is 0 Å². The van der Waals surface area contributed by atoms with Crippen LogP contribution in [0.2, 0.25) is 0 Å². The summed E-state index contributed by atoms with van der Waals surface area (Å²) in [4.78, 5) is 17.4. The Morgan fingerprint density at radius 2 is 1.60 bits per heavy atom. The van der Waals surface area contributed by atoms with Crippen LogP contribution in [0.25, 0.3) is 16.6 Å². The predicted molar refractivity (Wildman–Crippen MR) is 120 cm³/mol. The zero-order valence-electron chi connectivity index (χ0n) is 17.9. The summed E-state index contributed by atoms with van der Waals surface area (Å²) >= 11 is 0. The van der Waals surface area contributed by atoms with E-state index in [1.165, 1.54) is 0 Å². The first-order valence-electron chi connectivity index (χ1n) is 10.2. The van der Waals surface area contributed by atoms with E-state index in [2.05, 4.69) is 28.4 Å². The molecule has 0 aliphatic heterocycles. The number of fused-ring (bicyclic) bond motifs is 1. The van der Waals surface area contributed by atoms with Crippen LogP contribution in [-0.4, -0.2) is 20.7 Å². The normalized spacial score (nSPS) is 11.1. The van der Waals surface area contributed by atoms with Gasteiger partial charge in [0.05, 0.1) is 23.3 Å². The van der Waals surface area contributed by atoms with Gasteiger partial charge >= 0.3 is 0 Å². The van der Waals surface area contributed by atoms with Gasteiger partial charge in [0.15, 0.2) is 0 Å². The molecule has 4 rings (SSSR count). The molecule has 4 aromatic rings. The lowest BCUT2D eigenvalue weighted by Gasteiger charge is -2.13. The minimum absolute atomic E-state index is 0.00968. The fourth-order valence-corrected chi connectivity index (χ4v) is 3.99. The first kappa shape index (κ1) is 19.8. The number of para-hydroxylation sites is 2. The molecule has 0 spiro atoms. The van der Waals surface area contributed by atoms with Gasteiger partial charge in [-0.3, -0.25) is 9.78 Å². The number of carbonyl (C=O) groups is 1. The smallest absolute Gasteiger partial charge is 0.224 e. The molecular weight excluding hydrogens is 372 g/mol. The maximum absolute atomic E-state index is 12.8. The molecule has 30 heavy (non-hydrogen) atoms. The molecule has 2 heterocycles. The molecule has 0 saturated carbocycles. The maximum atomic E-state index is 12.8. The summed E-state index contributed by atoms with van der Waals surface area (Å²) in [5.41, 5.74) is 8.04. The van der Waals surface area contributed by atoms with Crippen LogP contribution in [0.3, 0.4) is 0 Å². The monoisotopic (exact) mass is 398 g/mol. The minimum atomic E-state index is -0.00968. The molecule has 5 heteroatoms. The Balaban J connectivity index is 1.51. The van der Waals surface area contributed by atoms with Crippen molar-refractivity contribution in [1.82, 2.24) is 20.1 Å². The quantitative estimate of drug-likeness (QED) is 0.538. The number of aryl methyl sites for hydroxylation is 3. The van der Waals surface area contributed by atoms with Crippen LogP contribution in [0.1, 0.15) is 33.8 Å². The predicted octanol–water partition coefficient (Wildman–Crippen LogP) is 4.51. The van der Waals surface area contributed by atoms with Crippen molar-refractivity contribution in [3.05, 3.63) is 88.4 Å². The average molecular weight is 399 g/mol. The lowest BCUT2D eigenvalue weighted by molar-refractivity contribution is -0.120. The Bertz CT molecular complexity index is 1230. The highest BCUT2D eigenvalue weighted by molar-refractivity contribution is 5.86. The van der Waals surface area contributed by atoms with Gasteiger partial charge in [-0.15, -0.1) is 0 Å². The average Bonchev–Trinajstić information content (AvgIpc) is 3.03. The van der Waals surface area contributed by atoms with Crippen LogP contribution in [0.4, 0.5) is 0 Å². The summed E-state index contributed by atoms with van der Waals surface area (Å²) in [7, 11) is 0. The Morgan fingerprint density at radius 1 is 0.900 bits per heavy atom. The van der Waals surface area contributed by atoms with Crippen molar-refractivity contribution < 1.29 is 4.79 Å². The van der Waals surface area contributed by atoms with E-state index in [-0.39, 0.29) is 5.91 Å². The fraction of sp³-hybridized carbons (Fsp3) is 0.240. The molecule has 1 amide bonds. The maximum Gasteiger partial charge on any atom is 0.224 e. The first-order valence-corrected chi connectivity index (χ1v) is 10.2. The molecule has 0 atom stereocenters. The standard InChI is InChI=1S/C25H26N4O/c1-16-21-12-8-9-13-24(21)27-17(2)22(16)14-25(30)26-15-23-18(3)28-29(19(23)4)20-10-6-5-7-11-20/h5-13H,14-15H2,1-4H3,(H,26,30). The third kappa shape index (κ3) is 3.71. The summed E-state index contributed by atoms with van der Waals surface area (Å²) in [6.45, 7) is 8.52. The third-order valence-electron chi connectivity index (χ3n) is 5.73. The summed E-state index contributed by atoms with van der Waals surface area (Å²) < 4.78 is 1.93. The van der Waals surface area contributed by atoms with E-state index in [0.717, 1.165) is 50.4 Å². The van der Waals surface area contributed by atoms with E-state index >= 15 is 0 Å². The van der Waals surface area contributed by atoms with Crippen LogP contribution in [-0.2, 0) is 17.8 Å². The van der Waals surface area contributed by atoms with Crippen LogP contribution >= 0.6 is 0 Å². The van der Waals surface area contributed by atoms with Gasteiger partial charge in [0.25, 0.3) is 0 Å². The van der Waals surface area contributed by atoms with Crippen LogP contribution in [0.5, 0.6) is 0 Å². The number of carbonyl (C=O) groups excluding carboxylic acids is 1. The van der Waals surface area contributed by atoms with Gasteiger partial charge in [-0.05, 0) is 57.0 Å². The van der Waals surface area contributed by atoms with E-state index in [0.29, 0.717) is 13.0 Å². The Hall–Kier alpha value is -3.47. The molecule has 0 aliphatic carbocycles. The van der Waals surface area contributed by atoms with Gasteiger partial charge in [0.2, 0.25) is 5.91 Å². The molecule has 0 radical (unpaired) electrons. The molecule has 2 aromatic heterocycles. The van der Waals surface area contributed by atoms with E-state index in [1.807, 2.05) is 74.0 Å². The molecule has 1 N–H and O–H groups in total. The molecule has 0 saturated heterocycles. The lowest BCUT2D eigenvalue weighted by Crippen LogP contribution is -2.26. The molecule has 0 unspecified atom stereocenters. The summed E-state index contributed by atoms with van der Waals surface area (Å²) in [5.74, 6) is -0.00968. The number of aromatic nitrogens is 3.